The highest BCUT2D eigenvalue weighted by Crippen LogP contribution is 2.29. The number of benzene rings is 1. The molecule has 94 valence electrons. The average molecular weight is 234 g/mol. The molecule has 1 aliphatic rings. The van der Waals surface area contributed by atoms with Gasteiger partial charge in [-0.2, -0.15) is 0 Å². The van der Waals surface area contributed by atoms with Gasteiger partial charge in [0.2, 0.25) is 0 Å². The maximum atomic E-state index is 5.74. The fraction of sp³-hybridized carbons (Fsp3) is 0.571. The molecule has 1 aliphatic heterocycles. The summed E-state index contributed by atoms with van der Waals surface area (Å²) in [6.07, 6.45) is 1.09. The first-order valence-corrected chi connectivity index (χ1v) is 6.47. The fourth-order valence-corrected chi connectivity index (χ4v) is 2.12. The number of hydrogen-bond acceptors (Lipinski definition) is 3. The van der Waals surface area contributed by atoms with E-state index < -0.39 is 0 Å². The molecule has 0 aliphatic carbocycles. The minimum Gasteiger partial charge on any atom is -0.491 e. The van der Waals surface area contributed by atoms with Crippen LogP contribution < -0.4 is 15.0 Å². The lowest BCUT2D eigenvalue weighted by Crippen LogP contribution is -2.35. The van der Waals surface area contributed by atoms with Crippen LogP contribution >= 0.6 is 0 Å². The van der Waals surface area contributed by atoms with E-state index in [9.17, 15) is 0 Å². The Morgan fingerprint density at radius 2 is 2.18 bits per heavy atom. The van der Waals surface area contributed by atoms with E-state index in [4.69, 9.17) is 4.74 Å². The molecule has 1 aromatic rings. The quantitative estimate of drug-likeness (QED) is 0.865. The van der Waals surface area contributed by atoms with E-state index in [2.05, 4.69) is 42.3 Å². The molecule has 2 rings (SSSR count). The Kier molecular flexibility index (Phi) is 4.26. The lowest BCUT2D eigenvalue weighted by Gasteiger charge is -2.24. The highest BCUT2D eigenvalue weighted by molar-refractivity contribution is 5.58. The van der Waals surface area contributed by atoms with Gasteiger partial charge in [0.15, 0.2) is 0 Å². The van der Waals surface area contributed by atoms with Crippen LogP contribution in [-0.4, -0.2) is 32.3 Å². The SMILES string of the molecule is CC(C)NCCN1CCCOc2ccccc21. The standard InChI is InChI=1S/C14H22N2O/c1-12(2)15-8-10-16-9-5-11-17-14-7-4-3-6-13(14)16/h3-4,6-7,12,15H,5,8-11H2,1-2H3. The third-order valence-electron chi connectivity index (χ3n) is 2.97. The zero-order valence-corrected chi connectivity index (χ0v) is 10.8. The molecule has 1 aromatic carbocycles. The van der Waals surface area contributed by atoms with Crippen LogP contribution in [0.4, 0.5) is 5.69 Å². The number of fused-ring (bicyclic) bond motifs is 1. The molecule has 17 heavy (non-hydrogen) atoms. The summed E-state index contributed by atoms with van der Waals surface area (Å²) in [7, 11) is 0. The van der Waals surface area contributed by atoms with E-state index in [1.165, 1.54) is 5.69 Å². The highest BCUT2D eigenvalue weighted by Gasteiger charge is 2.14. The van der Waals surface area contributed by atoms with Gasteiger partial charge < -0.3 is 15.0 Å². The van der Waals surface area contributed by atoms with E-state index >= 15 is 0 Å². The van der Waals surface area contributed by atoms with Gasteiger partial charge in [-0.3, -0.25) is 0 Å². The third kappa shape index (κ3) is 3.37. The first-order chi connectivity index (χ1) is 8.27. The van der Waals surface area contributed by atoms with Crippen LogP contribution in [-0.2, 0) is 0 Å². The van der Waals surface area contributed by atoms with Gasteiger partial charge >= 0.3 is 0 Å². The van der Waals surface area contributed by atoms with Crippen LogP contribution in [0.25, 0.3) is 0 Å². The molecule has 1 heterocycles. The number of anilines is 1. The summed E-state index contributed by atoms with van der Waals surface area (Å²) >= 11 is 0. The zero-order valence-electron chi connectivity index (χ0n) is 10.8. The van der Waals surface area contributed by atoms with Gasteiger partial charge in [0.1, 0.15) is 5.75 Å². The first kappa shape index (κ1) is 12.2. The van der Waals surface area contributed by atoms with Gasteiger partial charge in [0.25, 0.3) is 0 Å². The number of nitrogens with zero attached hydrogens (tertiary/aromatic N) is 1. The Hall–Kier alpha value is -1.22. The molecule has 0 fully saturated rings. The van der Waals surface area contributed by atoms with E-state index in [0.717, 1.165) is 38.4 Å². The van der Waals surface area contributed by atoms with Crippen LogP contribution in [0, 0.1) is 0 Å². The molecule has 0 spiro atoms. The third-order valence-corrected chi connectivity index (χ3v) is 2.97. The van der Waals surface area contributed by atoms with Gasteiger partial charge in [0, 0.05) is 25.7 Å². The summed E-state index contributed by atoms with van der Waals surface area (Å²) in [5.74, 6) is 1.02. The molecule has 0 saturated carbocycles. The lowest BCUT2D eigenvalue weighted by atomic mass is 10.2. The molecule has 0 aromatic heterocycles. The van der Waals surface area contributed by atoms with Crippen LogP contribution in [0.15, 0.2) is 24.3 Å². The Bertz CT molecular complexity index is 352. The van der Waals surface area contributed by atoms with E-state index in [1.54, 1.807) is 0 Å². The lowest BCUT2D eigenvalue weighted by molar-refractivity contribution is 0.322. The number of rotatable bonds is 4. The number of para-hydroxylation sites is 2. The van der Waals surface area contributed by atoms with Gasteiger partial charge in [-0.1, -0.05) is 26.0 Å². The molecule has 0 unspecified atom stereocenters. The summed E-state index contributed by atoms with van der Waals surface area (Å²) in [5, 5.41) is 3.46. The van der Waals surface area contributed by atoms with E-state index in [0.29, 0.717) is 6.04 Å². The summed E-state index contributed by atoms with van der Waals surface area (Å²) in [5.41, 5.74) is 1.23. The molecule has 0 saturated heterocycles. The van der Waals surface area contributed by atoms with Gasteiger partial charge in [0.05, 0.1) is 12.3 Å². The van der Waals surface area contributed by atoms with Crippen LogP contribution in [0.1, 0.15) is 20.3 Å². The minimum atomic E-state index is 0.550. The summed E-state index contributed by atoms with van der Waals surface area (Å²) in [4.78, 5) is 2.41. The maximum absolute atomic E-state index is 5.74. The highest BCUT2D eigenvalue weighted by atomic mass is 16.5. The van der Waals surface area contributed by atoms with E-state index in [1.807, 2.05) is 6.07 Å². The predicted octanol–water partition coefficient (Wildman–Crippen LogP) is 2.27. The smallest absolute Gasteiger partial charge is 0.142 e. The molecule has 0 bridgehead atoms. The van der Waals surface area contributed by atoms with Gasteiger partial charge in [-0.05, 0) is 18.6 Å². The van der Waals surface area contributed by atoms with Gasteiger partial charge in [-0.15, -0.1) is 0 Å². The molecule has 1 N–H and O–H groups in total. The zero-order chi connectivity index (χ0) is 12.1. The second-order valence-corrected chi connectivity index (χ2v) is 4.77. The molecular weight excluding hydrogens is 212 g/mol. The van der Waals surface area contributed by atoms with Crippen molar-refractivity contribution in [3.05, 3.63) is 24.3 Å². The van der Waals surface area contributed by atoms with Crippen LogP contribution in [0.2, 0.25) is 0 Å². The van der Waals surface area contributed by atoms with E-state index in [-0.39, 0.29) is 0 Å². The largest absolute Gasteiger partial charge is 0.491 e. The van der Waals surface area contributed by atoms with Crippen molar-refractivity contribution in [1.29, 1.82) is 0 Å². The van der Waals surface area contributed by atoms with Crippen molar-refractivity contribution in [2.45, 2.75) is 26.3 Å². The maximum Gasteiger partial charge on any atom is 0.142 e. The fourth-order valence-electron chi connectivity index (χ4n) is 2.12. The topological polar surface area (TPSA) is 24.5 Å². The molecule has 3 nitrogen and oxygen atoms in total. The molecule has 0 radical (unpaired) electrons. The number of nitrogens with one attached hydrogen (secondary N) is 1. The van der Waals surface area contributed by atoms with Crippen molar-refractivity contribution in [2.24, 2.45) is 0 Å². The van der Waals surface area contributed by atoms with Crippen molar-refractivity contribution in [1.82, 2.24) is 5.32 Å². The van der Waals surface area contributed by atoms with Crippen LogP contribution in [0.5, 0.6) is 5.75 Å². The average Bonchev–Trinajstić information content (AvgIpc) is 2.52. The van der Waals surface area contributed by atoms with Crippen molar-refractivity contribution < 1.29 is 4.74 Å². The second kappa shape index (κ2) is 5.92. The van der Waals surface area contributed by atoms with Crippen molar-refractivity contribution in [3.8, 4) is 5.75 Å². The number of ether oxygens (including phenoxy) is 1. The number of hydrogen-bond donors (Lipinski definition) is 1. The van der Waals surface area contributed by atoms with Crippen molar-refractivity contribution in [3.63, 3.8) is 0 Å². The normalized spacial score (nSPS) is 15.4. The van der Waals surface area contributed by atoms with Crippen molar-refractivity contribution in [2.75, 3.05) is 31.1 Å². The summed E-state index contributed by atoms with van der Waals surface area (Å²) in [6.45, 7) is 8.32. The monoisotopic (exact) mass is 234 g/mol. The molecule has 0 atom stereocenters. The molecule has 3 heteroatoms. The predicted molar refractivity (Wildman–Crippen MR) is 71.9 cm³/mol. The summed E-state index contributed by atoms with van der Waals surface area (Å²) < 4.78 is 5.74. The van der Waals surface area contributed by atoms with Gasteiger partial charge in [-0.25, -0.2) is 0 Å². The van der Waals surface area contributed by atoms with Crippen molar-refractivity contribution >= 4 is 5.69 Å². The minimum absolute atomic E-state index is 0.550. The Labute approximate surface area is 104 Å². The molecule has 0 amide bonds. The Morgan fingerprint density at radius 3 is 3.00 bits per heavy atom. The summed E-state index contributed by atoms with van der Waals surface area (Å²) in [6, 6.07) is 8.87. The Balaban J connectivity index is 2.01. The van der Waals surface area contributed by atoms with Crippen LogP contribution in [0.3, 0.4) is 0 Å². The Morgan fingerprint density at radius 1 is 1.35 bits per heavy atom. The second-order valence-electron chi connectivity index (χ2n) is 4.77. The first-order valence-electron chi connectivity index (χ1n) is 6.47. The molecular formula is C14H22N2O.